The van der Waals surface area contributed by atoms with Crippen LogP contribution in [0, 0.1) is 0 Å². The van der Waals surface area contributed by atoms with Crippen LogP contribution in [0.2, 0.25) is 0 Å². The quantitative estimate of drug-likeness (QED) is 0.577. The Labute approximate surface area is 86.8 Å². The van der Waals surface area contributed by atoms with E-state index in [1.54, 1.807) is 18.2 Å². The third kappa shape index (κ3) is 4.12. The Morgan fingerprint density at radius 2 is 2.00 bits per heavy atom. The molecule has 0 atom stereocenters. The highest BCUT2D eigenvalue weighted by molar-refractivity contribution is 5.75. The maximum atomic E-state index is 10.7. The number of nitrogens with two attached hydrogens (primary N) is 1. The maximum absolute atomic E-state index is 10.7. The van der Waals surface area contributed by atoms with Crippen LogP contribution in [0.5, 0.6) is 11.5 Å². The van der Waals surface area contributed by atoms with E-state index in [9.17, 15) is 9.59 Å². The smallest absolute Gasteiger partial charge is 0.308 e. The molecule has 1 amide bonds. The Morgan fingerprint density at radius 3 is 2.60 bits per heavy atom. The fourth-order valence-electron chi connectivity index (χ4n) is 0.948. The van der Waals surface area contributed by atoms with Crippen LogP contribution in [0.15, 0.2) is 24.3 Å². The van der Waals surface area contributed by atoms with E-state index in [0.717, 1.165) is 0 Å². The van der Waals surface area contributed by atoms with Gasteiger partial charge in [0, 0.05) is 13.0 Å². The SMILES string of the molecule is CC(=O)Oc1cccc(OCC(N)=O)c1. The minimum absolute atomic E-state index is 0.205. The molecule has 0 heterocycles. The van der Waals surface area contributed by atoms with Crippen LogP contribution in [0.25, 0.3) is 0 Å². The maximum Gasteiger partial charge on any atom is 0.308 e. The van der Waals surface area contributed by atoms with Crippen LogP contribution in [0.4, 0.5) is 0 Å². The Kier molecular flexibility index (Phi) is 3.68. The lowest BCUT2D eigenvalue weighted by Gasteiger charge is -2.05. The summed E-state index contributed by atoms with van der Waals surface area (Å²) in [7, 11) is 0. The third-order valence-corrected chi connectivity index (χ3v) is 1.45. The average Bonchev–Trinajstić information content (AvgIpc) is 2.14. The van der Waals surface area contributed by atoms with Crippen molar-refractivity contribution < 1.29 is 19.1 Å². The molecule has 0 aliphatic carbocycles. The van der Waals surface area contributed by atoms with Crippen molar-refractivity contribution in [2.24, 2.45) is 5.73 Å². The van der Waals surface area contributed by atoms with E-state index in [1.807, 2.05) is 0 Å². The largest absolute Gasteiger partial charge is 0.484 e. The predicted molar refractivity (Wildman–Crippen MR) is 52.4 cm³/mol. The van der Waals surface area contributed by atoms with E-state index in [2.05, 4.69) is 0 Å². The fraction of sp³-hybridized carbons (Fsp3) is 0.200. The second kappa shape index (κ2) is 4.99. The van der Waals surface area contributed by atoms with Gasteiger partial charge in [-0.1, -0.05) is 6.07 Å². The lowest BCUT2D eigenvalue weighted by Crippen LogP contribution is -2.20. The lowest BCUT2D eigenvalue weighted by molar-refractivity contribution is -0.132. The Morgan fingerprint density at radius 1 is 1.33 bits per heavy atom. The van der Waals surface area contributed by atoms with Gasteiger partial charge in [-0.3, -0.25) is 9.59 Å². The number of rotatable bonds is 4. The van der Waals surface area contributed by atoms with Crippen molar-refractivity contribution >= 4 is 11.9 Å². The molecule has 15 heavy (non-hydrogen) atoms. The van der Waals surface area contributed by atoms with Gasteiger partial charge in [0.05, 0.1) is 0 Å². The second-order valence-corrected chi connectivity index (χ2v) is 2.82. The van der Waals surface area contributed by atoms with Crippen molar-refractivity contribution in [2.75, 3.05) is 6.61 Å². The molecule has 1 rings (SSSR count). The van der Waals surface area contributed by atoms with Gasteiger partial charge in [0.15, 0.2) is 6.61 Å². The number of ether oxygens (including phenoxy) is 2. The molecule has 0 aliphatic rings. The van der Waals surface area contributed by atoms with Gasteiger partial charge in [-0.2, -0.15) is 0 Å². The molecule has 0 saturated heterocycles. The van der Waals surface area contributed by atoms with E-state index >= 15 is 0 Å². The van der Waals surface area contributed by atoms with E-state index in [-0.39, 0.29) is 6.61 Å². The summed E-state index contributed by atoms with van der Waals surface area (Å²) in [5.74, 6) is -0.188. The Hall–Kier alpha value is -2.04. The number of hydrogen-bond acceptors (Lipinski definition) is 4. The minimum Gasteiger partial charge on any atom is -0.484 e. The molecule has 0 radical (unpaired) electrons. The topological polar surface area (TPSA) is 78.6 Å². The molecule has 5 nitrogen and oxygen atoms in total. The normalized spacial score (nSPS) is 9.40. The summed E-state index contributed by atoms with van der Waals surface area (Å²) in [5.41, 5.74) is 4.91. The Balaban J connectivity index is 2.65. The molecule has 80 valence electrons. The lowest BCUT2D eigenvalue weighted by atomic mass is 10.3. The molecule has 0 spiro atoms. The molecule has 5 heteroatoms. The number of benzene rings is 1. The molecule has 0 fully saturated rings. The van der Waals surface area contributed by atoms with Crippen molar-refractivity contribution in [2.45, 2.75) is 6.92 Å². The summed E-state index contributed by atoms with van der Waals surface area (Å²) in [5, 5.41) is 0. The van der Waals surface area contributed by atoms with Crippen LogP contribution >= 0.6 is 0 Å². The fourth-order valence-corrected chi connectivity index (χ4v) is 0.948. The van der Waals surface area contributed by atoms with Gasteiger partial charge in [0.2, 0.25) is 0 Å². The second-order valence-electron chi connectivity index (χ2n) is 2.82. The van der Waals surface area contributed by atoms with Gasteiger partial charge in [-0.05, 0) is 12.1 Å². The first-order chi connectivity index (χ1) is 7.08. The molecule has 0 aromatic heterocycles. The molecule has 1 aromatic rings. The van der Waals surface area contributed by atoms with Gasteiger partial charge in [-0.15, -0.1) is 0 Å². The summed E-state index contributed by atoms with van der Waals surface area (Å²) < 4.78 is 9.85. The monoisotopic (exact) mass is 209 g/mol. The van der Waals surface area contributed by atoms with Gasteiger partial charge < -0.3 is 15.2 Å². The number of primary amides is 1. The summed E-state index contributed by atoms with van der Waals surface area (Å²) in [6.07, 6.45) is 0. The molecular weight excluding hydrogens is 198 g/mol. The Bertz CT molecular complexity index is 375. The molecule has 0 unspecified atom stereocenters. The van der Waals surface area contributed by atoms with Crippen molar-refractivity contribution in [3.05, 3.63) is 24.3 Å². The van der Waals surface area contributed by atoms with Crippen LogP contribution in [-0.2, 0) is 9.59 Å². The highest BCUT2D eigenvalue weighted by Gasteiger charge is 2.01. The third-order valence-electron chi connectivity index (χ3n) is 1.45. The zero-order valence-corrected chi connectivity index (χ0v) is 8.23. The predicted octanol–water partition coefficient (Wildman–Crippen LogP) is 0.476. The van der Waals surface area contributed by atoms with Crippen LogP contribution in [0.1, 0.15) is 6.92 Å². The van der Waals surface area contributed by atoms with Crippen LogP contribution < -0.4 is 15.2 Å². The summed E-state index contributed by atoms with van der Waals surface area (Å²) in [4.78, 5) is 21.1. The number of carbonyl (C=O) groups excluding carboxylic acids is 2. The van der Waals surface area contributed by atoms with Gasteiger partial charge in [0.1, 0.15) is 11.5 Å². The zero-order valence-electron chi connectivity index (χ0n) is 8.23. The summed E-state index contributed by atoms with van der Waals surface area (Å²) >= 11 is 0. The first-order valence-corrected chi connectivity index (χ1v) is 4.27. The van der Waals surface area contributed by atoms with E-state index < -0.39 is 11.9 Å². The number of amides is 1. The first kappa shape index (κ1) is 11.0. The van der Waals surface area contributed by atoms with Gasteiger partial charge in [0.25, 0.3) is 5.91 Å². The highest BCUT2D eigenvalue weighted by Crippen LogP contribution is 2.19. The summed E-state index contributed by atoms with van der Waals surface area (Å²) in [6, 6.07) is 6.40. The van der Waals surface area contributed by atoms with E-state index in [1.165, 1.54) is 13.0 Å². The van der Waals surface area contributed by atoms with E-state index in [0.29, 0.717) is 11.5 Å². The highest BCUT2D eigenvalue weighted by atomic mass is 16.5. The van der Waals surface area contributed by atoms with Crippen LogP contribution in [-0.4, -0.2) is 18.5 Å². The molecule has 0 aliphatic heterocycles. The molecular formula is C10H11NO4. The van der Waals surface area contributed by atoms with Crippen molar-refractivity contribution in [1.29, 1.82) is 0 Å². The number of carbonyl (C=O) groups is 2. The molecule has 2 N–H and O–H groups in total. The molecule has 0 saturated carbocycles. The van der Waals surface area contributed by atoms with Crippen LogP contribution in [0.3, 0.4) is 0 Å². The number of hydrogen-bond donors (Lipinski definition) is 1. The van der Waals surface area contributed by atoms with Crippen molar-refractivity contribution in [3.8, 4) is 11.5 Å². The van der Waals surface area contributed by atoms with E-state index in [4.69, 9.17) is 15.2 Å². The number of esters is 1. The van der Waals surface area contributed by atoms with Crippen molar-refractivity contribution in [3.63, 3.8) is 0 Å². The van der Waals surface area contributed by atoms with Gasteiger partial charge >= 0.3 is 5.97 Å². The molecule has 1 aromatic carbocycles. The zero-order chi connectivity index (χ0) is 11.3. The average molecular weight is 209 g/mol. The first-order valence-electron chi connectivity index (χ1n) is 4.27. The van der Waals surface area contributed by atoms with Crippen molar-refractivity contribution in [1.82, 2.24) is 0 Å². The van der Waals surface area contributed by atoms with Gasteiger partial charge in [-0.25, -0.2) is 0 Å². The summed E-state index contributed by atoms with van der Waals surface area (Å²) in [6.45, 7) is 1.10. The minimum atomic E-state index is -0.562. The molecule has 0 bridgehead atoms. The standard InChI is InChI=1S/C10H11NO4/c1-7(12)15-9-4-2-3-8(5-9)14-6-10(11)13/h2-5H,6H2,1H3,(H2,11,13).